The van der Waals surface area contributed by atoms with Gasteiger partial charge >= 0.3 is 0 Å². The van der Waals surface area contributed by atoms with E-state index in [0.29, 0.717) is 5.82 Å². The maximum absolute atomic E-state index is 5.45. The molecule has 2 heteroatoms. The highest BCUT2D eigenvalue weighted by Gasteiger charge is 2.37. The topological polar surface area (TPSA) is 25.8 Å². The summed E-state index contributed by atoms with van der Waals surface area (Å²) in [4.78, 5) is 10.9. The molecule has 0 saturated heterocycles. The lowest BCUT2D eigenvalue weighted by molar-refractivity contribution is 0.661. The first kappa shape index (κ1) is 38.5. The van der Waals surface area contributed by atoms with Gasteiger partial charge in [0.25, 0.3) is 0 Å². The fourth-order valence-electron chi connectivity index (χ4n) is 10.3. The van der Waals surface area contributed by atoms with Crippen molar-refractivity contribution in [2.24, 2.45) is 0 Å². The summed E-state index contributed by atoms with van der Waals surface area (Å²) in [6.07, 6.45) is 0. The summed E-state index contributed by atoms with van der Waals surface area (Å²) in [7, 11) is 0. The first-order chi connectivity index (χ1) is 32.0. The molecule has 0 aliphatic heterocycles. The van der Waals surface area contributed by atoms with Gasteiger partial charge in [0.1, 0.15) is 0 Å². The van der Waals surface area contributed by atoms with Gasteiger partial charge in [-0.1, -0.05) is 220 Å². The molecule has 1 aliphatic carbocycles. The number of hydrogen-bond acceptors (Lipinski definition) is 2. The fraction of sp³-hybridized carbons (Fsp3) is 0.0476. The number of rotatable bonds is 7. The molecule has 0 N–H and O–H groups in total. The van der Waals surface area contributed by atoms with Gasteiger partial charge in [0.05, 0.1) is 11.4 Å². The standard InChI is InChI=1S/C63H44N2/c1-63(2)57-31-17-30-50(61(57)56-38-45-22-9-10-23-46(45)39-58(56)63)44-34-32-43(33-35-44)49-36-37-55(52-27-14-13-26-51(49)52)62-64-59(53-28-15-11-24-47(53)41-18-5-3-6-19-41)40-60(65-62)54-29-16-12-25-48(54)42-20-7-4-8-21-42/h3-40H,1-2H3. The maximum atomic E-state index is 5.45. The maximum Gasteiger partial charge on any atom is 0.161 e. The zero-order valence-electron chi connectivity index (χ0n) is 36.3. The van der Waals surface area contributed by atoms with Crippen LogP contribution in [0.25, 0.3) is 111 Å². The zero-order valence-corrected chi connectivity index (χ0v) is 36.3. The Balaban J connectivity index is 0.987. The van der Waals surface area contributed by atoms with Crippen molar-refractivity contribution in [2.75, 3.05) is 0 Å². The van der Waals surface area contributed by atoms with Crippen molar-refractivity contribution >= 4 is 21.5 Å². The number of fused-ring (bicyclic) bond motifs is 5. The number of hydrogen-bond donors (Lipinski definition) is 0. The molecule has 0 unspecified atom stereocenters. The molecule has 65 heavy (non-hydrogen) atoms. The Morgan fingerprint density at radius 2 is 0.738 bits per heavy atom. The van der Waals surface area contributed by atoms with Crippen molar-refractivity contribution in [1.29, 1.82) is 0 Å². The van der Waals surface area contributed by atoms with Crippen LogP contribution >= 0.6 is 0 Å². The molecule has 1 aliphatic rings. The minimum absolute atomic E-state index is 0.0914. The highest BCUT2D eigenvalue weighted by atomic mass is 14.9. The van der Waals surface area contributed by atoms with Gasteiger partial charge in [-0.25, -0.2) is 9.97 Å². The van der Waals surface area contributed by atoms with Gasteiger partial charge < -0.3 is 0 Å². The minimum atomic E-state index is -0.0914. The van der Waals surface area contributed by atoms with Crippen LogP contribution in [0.2, 0.25) is 0 Å². The van der Waals surface area contributed by atoms with E-state index in [9.17, 15) is 0 Å². The average molecular weight is 829 g/mol. The second-order valence-corrected chi connectivity index (χ2v) is 17.7. The van der Waals surface area contributed by atoms with Crippen molar-refractivity contribution in [2.45, 2.75) is 19.3 Å². The van der Waals surface area contributed by atoms with Crippen LogP contribution in [0.15, 0.2) is 231 Å². The van der Waals surface area contributed by atoms with E-state index in [1.165, 1.54) is 55.3 Å². The van der Waals surface area contributed by atoms with E-state index in [1.807, 2.05) is 0 Å². The third-order valence-corrected chi connectivity index (χ3v) is 13.5. The Bertz CT molecular complexity index is 3500. The van der Waals surface area contributed by atoms with Crippen LogP contribution in [-0.4, -0.2) is 9.97 Å². The molecule has 1 aromatic heterocycles. The lowest BCUT2D eigenvalue weighted by Crippen LogP contribution is -2.14. The fourth-order valence-corrected chi connectivity index (χ4v) is 10.3. The van der Waals surface area contributed by atoms with Gasteiger partial charge in [0.2, 0.25) is 0 Å². The van der Waals surface area contributed by atoms with Crippen LogP contribution in [0.4, 0.5) is 0 Å². The SMILES string of the molecule is CC1(C)c2cc3ccccc3cc2-c2c(-c3ccc(-c4ccc(-c5nc(-c6ccccc6-c6ccccc6)cc(-c6ccccc6-c6ccccc6)n5)c5ccccc45)cc3)cccc21. The molecule has 306 valence electrons. The Labute approximate surface area is 380 Å². The van der Waals surface area contributed by atoms with E-state index in [-0.39, 0.29) is 5.41 Å². The molecule has 0 atom stereocenters. The molecule has 1 heterocycles. The van der Waals surface area contributed by atoms with Crippen LogP contribution < -0.4 is 0 Å². The molecule has 10 aromatic carbocycles. The van der Waals surface area contributed by atoms with Crippen molar-refractivity contribution in [3.63, 3.8) is 0 Å². The molecule has 0 bridgehead atoms. The summed E-state index contributed by atoms with van der Waals surface area (Å²) < 4.78 is 0. The molecule has 12 rings (SSSR count). The molecule has 0 radical (unpaired) electrons. The highest BCUT2D eigenvalue weighted by Crippen LogP contribution is 2.53. The largest absolute Gasteiger partial charge is 0.228 e. The number of nitrogens with zero attached hydrogens (tertiary/aromatic N) is 2. The molecule has 2 nitrogen and oxygen atoms in total. The van der Waals surface area contributed by atoms with E-state index in [1.54, 1.807) is 0 Å². The van der Waals surface area contributed by atoms with Crippen LogP contribution in [0.1, 0.15) is 25.0 Å². The van der Waals surface area contributed by atoms with Crippen LogP contribution in [-0.2, 0) is 5.41 Å². The molecular weight excluding hydrogens is 785 g/mol. The minimum Gasteiger partial charge on any atom is -0.228 e. The second-order valence-electron chi connectivity index (χ2n) is 17.7. The van der Waals surface area contributed by atoms with Crippen LogP contribution in [0.3, 0.4) is 0 Å². The zero-order chi connectivity index (χ0) is 43.5. The van der Waals surface area contributed by atoms with Gasteiger partial charge in [-0.3, -0.25) is 0 Å². The molecule has 0 amide bonds. The van der Waals surface area contributed by atoms with Crippen molar-refractivity contribution in [1.82, 2.24) is 9.97 Å². The number of benzene rings is 10. The van der Waals surface area contributed by atoms with Crippen molar-refractivity contribution in [3.05, 3.63) is 242 Å². The molecular formula is C63H44N2. The highest BCUT2D eigenvalue weighted by molar-refractivity contribution is 6.05. The smallest absolute Gasteiger partial charge is 0.161 e. The quantitative estimate of drug-likeness (QED) is 0.160. The van der Waals surface area contributed by atoms with E-state index in [0.717, 1.165) is 61.1 Å². The van der Waals surface area contributed by atoms with E-state index in [2.05, 4.69) is 244 Å². The molecule has 0 fully saturated rings. The summed E-state index contributed by atoms with van der Waals surface area (Å²) in [5, 5.41) is 4.83. The lowest BCUT2D eigenvalue weighted by Gasteiger charge is -2.22. The van der Waals surface area contributed by atoms with Crippen molar-refractivity contribution in [3.8, 4) is 89.5 Å². The summed E-state index contributed by atoms with van der Waals surface area (Å²) in [6.45, 7) is 4.73. The Hall–Kier alpha value is -8.20. The van der Waals surface area contributed by atoms with Crippen LogP contribution in [0, 0.1) is 0 Å². The predicted molar refractivity (Wildman–Crippen MR) is 273 cm³/mol. The van der Waals surface area contributed by atoms with Crippen molar-refractivity contribution < 1.29 is 0 Å². The predicted octanol–water partition coefficient (Wildman–Crippen LogP) is 16.8. The van der Waals surface area contributed by atoms with E-state index in [4.69, 9.17) is 9.97 Å². The van der Waals surface area contributed by atoms with E-state index < -0.39 is 0 Å². The molecule has 11 aromatic rings. The normalized spacial score (nSPS) is 12.6. The first-order valence-electron chi connectivity index (χ1n) is 22.5. The summed E-state index contributed by atoms with van der Waals surface area (Å²) in [5.41, 5.74) is 19.6. The lowest BCUT2D eigenvalue weighted by atomic mass is 9.81. The van der Waals surface area contributed by atoms with Crippen LogP contribution in [0.5, 0.6) is 0 Å². The first-order valence-corrected chi connectivity index (χ1v) is 22.5. The molecule has 0 spiro atoms. The number of aromatic nitrogens is 2. The van der Waals surface area contributed by atoms with Gasteiger partial charge in [-0.05, 0) is 113 Å². The van der Waals surface area contributed by atoms with Gasteiger partial charge in [-0.15, -0.1) is 0 Å². The summed E-state index contributed by atoms with van der Waals surface area (Å²) in [6, 6.07) is 83.2. The second kappa shape index (κ2) is 15.6. The Morgan fingerprint density at radius 3 is 1.34 bits per heavy atom. The third kappa shape index (κ3) is 6.57. The van der Waals surface area contributed by atoms with Gasteiger partial charge in [-0.2, -0.15) is 0 Å². The summed E-state index contributed by atoms with van der Waals surface area (Å²) in [5.74, 6) is 0.690. The monoisotopic (exact) mass is 828 g/mol. The Kier molecular flexibility index (Phi) is 9.21. The molecule has 0 saturated carbocycles. The summed E-state index contributed by atoms with van der Waals surface area (Å²) >= 11 is 0. The third-order valence-electron chi connectivity index (χ3n) is 13.5. The van der Waals surface area contributed by atoms with E-state index >= 15 is 0 Å². The van der Waals surface area contributed by atoms with Gasteiger partial charge in [0, 0.05) is 22.1 Å². The average Bonchev–Trinajstić information content (AvgIpc) is 3.60. The van der Waals surface area contributed by atoms with Gasteiger partial charge in [0.15, 0.2) is 5.82 Å². The Morgan fingerprint density at radius 1 is 0.292 bits per heavy atom.